The summed E-state index contributed by atoms with van der Waals surface area (Å²) >= 11 is 3.50. The Hall–Kier alpha value is -1.13. The third-order valence-corrected chi connectivity index (χ3v) is 3.78. The highest BCUT2D eigenvalue weighted by atomic mass is 79.9. The molecule has 4 heteroatoms. The Morgan fingerprint density at radius 1 is 1.44 bits per heavy atom. The topological polar surface area (TPSA) is 29.9 Å². The number of aromatic nitrogens is 2. The molecule has 0 bridgehead atoms. The summed E-state index contributed by atoms with van der Waals surface area (Å²) in [5.74, 6) is 0. The highest BCUT2D eigenvalue weighted by Gasteiger charge is 2.08. The lowest BCUT2D eigenvalue weighted by molar-refractivity contribution is 0.572. The summed E-state index contributed by atoms with van der Waals surface area (Å²) in [6.45, 7) is 5.11. The van der Waals surface area contributed by atoms with Crippen LogP contribution < -0.4 is 5.32 Å². The predicted molar refractivity (Wildman–Crippen MR) is 77.3 cm³/mol. The van der Waals surface area contributed by atoms with E-state index in [1.807, 2.05) is 24.0 Å². The average molecular weight is 308 g/mol. The van der Waals surface area contributed by atoms with E-state index in [1.165, 1.54) is 16.8 Å². The van der Waals surface area contributed by atoms with Gasteiger partial charge >= 0.3 is 0 Å². The first kappa shape index (κ1) is 13.3. The SMILES string of the molecule is Cc1c(CN[C@@H](C)c2cccc(Br)c2)cnn1C. The molecule has 96 valence electrons. The summed E-state index contributed by atoms with van der Waals surface area (Å²) in [7, 11) is 1.97. The summed E-state index contributed by atoms with van der Waals surface area (Å²) in [6.07, 6.45) is 1.93. The molecular weight excluding hydrogens is 290 g/mol. The zero-order chi connectivity index (χ0) is 13.1. The van der Waals surface area contributed by atoms with Crippen LogP contribution in [0.1, 0.15) is 29.8 Å². The van der Waals surface area contributed by atoms with Crippen molar-refractivity contribution in [2.45, 2.75) is 26.4 Å². The second-order valence-electron chi connectivity index (χ2n) is 4.54. The van der Waals surface area contributed by atoms with Gasteiger partial charge in [0.05, 0.1) is 6.20 Å². The number of aryl methyl sites for hydroxylation is 1. The monoisotopic (exact) mass is 307 g/mol. The van der Waals surface area contributed by atoms with Crippen LogP contribution in [-0.2, 0) is 13.6 Å². The first-order chi connectivity index (χ1) is 8.58. The molecule has 1 N–H and O–H groups in total. The maximum atomic E-state index is 4.25. The van der Waals surface area contributed by atoms with Gasteiger partial charge in [0.2, 0.25) is 0 Å². The van der Waals surface area contributed by atoms with Gasteiger partial charge in [0.15, 0.2) is 0 Å². The van der Waals surface area contributed by atoms with E-state index in [-0.39, 0.29) is 0 Å². The summed E-state index contributed by atoms with van der Waals surface area (Å²) in [6, 6.07) is 8.71. The number of nitrogens with one attached hydrogen (secondary N) is 1. The summed E-state index contributed by atoms with van der Waals surface area (Å²) in [5.41, 5.74) is 3.74. The Labute approximate surface area is 116 Å². The third-order valence-electron chi connectivity index (χ3n) is 3.28. The van der Waals surface area contributed by atoms with E-state index in [0.717, 1.165) is 11.0 Å². The molecule has 0 fully saturated rings. The quantitative estimate of drug-likeness (QED) is 0.939. The molecule has 1 atom stereocenters. The van der Waals surface area contributed by atoms with Crippen LogP contribution in [0.5, 0.6) is 0 Å². The van der Waals surface area contributed by atoms with E-state index in [9.17, 15) is 0 Å². The van der Waals surface area contributed by atoms with Crippen molar-refractivity contribution < 1.29 is 0 Å². The number of nitrogens with zero attached hydrogens (tertiary/aromatic N) is 2. The lowest BCUT2D eigenvalue weighted by Gasteiger charge is -2.14. The maximum Gasteiger partial charge on any atom is 0.0537 e. The minimum absolute atomic E-state index is 0.321. The highest BCUT2D eigenvalue weighted by Crippen LogP contribution is 2.18. The smallest absolute Gasteiger partial charge is 0.0537 e. The number of rotatable bonds is 4. The van der Waals surface area contributed by atoms with Crippen LogP contribution in [0, 0.1) is 6.92 Å². The molecule has 0 saturated heterocycles. The van der Waals surface area contributed by atoms with E-state index < -0.39 is 0 Å². The van der Waals surface area contributed by atoms with Gasteiger partial charge < -0.3 is 5.32 Å². The van der Waals surface area contributed by atoms with Crippen molar-refractivity contribution in [2.24, 2.45) is 7.05 Å². The molecule has 18 heavy (non-hydrogen) atoms. The molecule has 2 rings (SSSR count). The van der Waals surface area contributed by atoms with Crippen LogP contribution in [-0.4, -0.2) is 9.78 Å². The molecule has 0 radical (unpaired) electrons. The van der Waals surface area contributed by atoms with E-state index in [4.69, 9.17) is 0 Å². The number of hydrogen-bond acceptors (Lipinski definition) is 2. The van der Waals surface area contributed by atoms with Crippen LogP contribution in [0.3, 0.4) is 0 Å². The zero-order valence-electron chi connectivity index (χ0n) is 10.9. The average Bonchev–Trinajstić information content (AvgIpc) is 2.67. The first-order valence-electron chi connectivity index (χ1n) is 6.04. The van der Waals surface area contributed by atoms with Crippen LogP contribution in [0.15, 0.2) is 34.9 Å². The molecule has 0 aliphatic carbocycles. The lowest BCUT2D eigenvalue weighted by atomic mass is 10.1. The normalized spacial score (nSPS) is 12.7. The second kappa shape index (κ2) is 5.67. The summed E-state index contributed by atoms with van der Waals surface area (Å²) in [4.78, 5) is 0. The maximum absolute atomic E-state index is 4.25. The Morgan fingerprint density at radius 2 is 2.22 bits per heavy atom. The van der Waals surface area contributed by atoms with Gasteiger partial charge in [-0.2, -0.15) is 5.10 Å². The van der Waals surface area contributed by atoms with Crippen LogP contribution >= 0.6 is 15.9 Å². The molecule has 3 nitrogen and oxygen atoms in total. The van der Waals surface area contributed by atoms with Crippen LogP contribution in [0.2, 0.25) is 0 Å². The van der Waals surface area contributed by atoms with Gasteiger partial charge in [0.1, 0.15) is 0 Å². The molecule has 0 unspecified atom stereocenters. The van der Waals surface area contributed by atoms with Gasteiger partial charge in [0.25, 0.3) is 0 Å². The fourth-order valence-corrected chi connectivity index (χ4v) is 2.29. The van der Waals surface area contributed by atoms with Crippen LogP contribution in [0.25, 0.3) is 0 Å². The molecule has 0 saturated carbocycles. The van der Waals surface area contributed by atoms with Crippen molar-refractivity contribution in [3.05, 3.63) is 51.8 Å². The molecule has 0 aliphatic rings. The summed E-state index contributed by atoms with van der Waals surface area (Å²) in [5, 5.41) is 7.77. The van der Waals surface area contributed by atoms with E-state index in [2.05, 4.69) is 58.4 Å². The van der Waals surface area contributed by atoms with Crippen molar-refractivity contribution in [2.75, 3.05) is 0 Å². The molecular formula is C14H18BrN3. The molecule has 0 spiro atoms. The first-order valence-corrected chi connectivity index (χ1v) is 6.83. The minimum atomic E-state index is 0.321. The largest absolute Gasteiger partial charge is 0.306 e. The fraction of sp³-hybridized carbons (Fsp3) is 0.357. The van der Waals surface area contributed by atoms with E-state index in [1.54, 1.807) is 0 Å². The van der Waals surface area contributed by atoms with Gasteiger partial charge in [-0.05, 0) is 31.5 Å². The number of halogens is 1. The van der Waals surface area contributed by atoms with Gasteiger partial charge in [-0.3, -0.25) is 4.68 Å². The minimum Gasteiger partial charge on any atom is -0.306 e. The molecule has 1 heterocycles. The second-order valence-corrected chi connectivity index (χ2v) is 5.45. The molecule has 1 aromatic heterocycles. The number of hydrogen-bond donors (Lipinski definition) is 1. The van der Waals surface area contributed by atoms with Gasteiger partial charge in [-0.25, -0.2) is 0 Å². The van der Waals surface area contributed by atoms with Crippen molar-refractivity contribution in [1.29, 1.82) is 0 Å². The molecule has 0 amide bonds. The Kier molecular flexibility index (Phi) is 4.19. The Morgan fingerprint density at radius 3 is 2.83 bits per heavy atom. The van der Waals surface area contributed by atoms with Crippen LogP contribution in [0.4, 0.5) is 0 Å². The van der Waals surface area contributed by atoms with E-state index in [0.29, 0.717) is 6.04 Å². The van der Waals surface area contributed by atoms with E-state index >= 15 is 0 Å². The zero-order valence-corrected chi connectivity index (χ0v) is 12.5. The lowest BCUT2D eigenvalue weighted by Crippen LogP contribution is -2.18. The van der Waals surface area contributed by atoms with Crippen molar-refractivity contribution in [1.82, 2.24) is 15.1 Å². The predicted octanol–water partition coefficient (Wildman–Crippen LogP) is 3.34. The highest BCUT2D eigenvalue weighted by molar-refractivity contribution is 9.10. The van der Waals surface area contributed by atoms with Crippen molar-refractivity contribution >= 4 is 15.9 Å². The fourth-order valence-electron chi connectivity index (χ4n) is 1.87. The number of benzene rings is 1. The standard InChI is InChI=1S/C14H18BrN3/c1-10(12-5-4-6-14(15)7-12)16-8-13-9-17-18(3)11(13)2/h4-7,9-10,16H,8H2,1-3H3/t10-/m0/s1. The molecule has 0 aliphatic heterocycles. The molecule has 2 aromatic rings. The van der Waals surface area contributed by atoms with Crippen molar-refractivity contribution in [3.63, 3.8) is 0 Å². The third kappa shape index (κ3) is 3.00. The Bertz CT molecular complexity index is 534. The van der Waals surface area contributed by atoms with Crippen molar-refractivity contribution in [3.8, 4) is 0 Å². The van der Waals surface area contributed by atoms with Gasteiger partial charge in [0, 0.05) is 35.4 Å². The summed E-state index contributed by atoms with van der Waals surface area (Å²) < 4.78 is 3.02. The van der Waals surface area contributed by atoms with Gasteiger partial charge in [-0.1, -0.05) is 28.1 Å². The van der Waals surface area contributed by atoms with Gasteiger partial charge in [-0.15, -0.1) is 0 Å². The Balaban J connectivity index is 2.00. The molecule has 1 aromatic carbocycles.